The number of hydrogen-bond acceptors (Lipinski definition) is 1. The predicted octanol–water partition coefficient (Wildman–Crippen LogP) is 0.783. The standard InChI is InChI=1S/C13H18B2O/c1-4-12(2,3)13(14,15)16-10-11-8-6-5-7-9-11/h1,5-9H,10,14-15H2,2-3H3. The topological polar surface area (TPSA) is 9.23 Å². The van der Waals surface area contributed by atoms with Gasteiger partial charge in [-0.05, 0) is 19.4 Å². The molecule has 3 heteroatoms. The van der Waals surface area contributed by atoms with E-state index in [4.69, 9.17) is 11.2 Å². The van der Waals surface area contributed by atoms with Crippen molar-refractivity contribution in [2.45, 2.75) is 25.9 Å². The van der Waals surface area contributed by atoms with Crippen molar-refractivity contribution in [3.8, 4) is 12.3 Å². The lowest BCUT2D eigenvalue weighted by Gasteiger charge is -2.38. The van der Waals surface area contributed by atoms with E-state index in [1.165, 1.54) is 5.56 Å². The van der Waals surface area contributed by atoms with E-state index < -0.39 is 0 Å². The van der Waals surface area contributed by atoms with Gasteiger partial charge in [0.15, 0.2) is 0 Å². The van der Waals surface area contributed by atoms with Crippen LogP contribution in [0.15, 0.2) is 30.3 Å². The molecule has 0 N–H and O–H groups in total. The highest BCUT2D eigenvalue weighted by Gasteiger charge is 2.35. The zero-order chi connectivity index (χ0) is 12.2. The Morgan fingerprint density at radius 3 is 2.31 bits per heavy atom. The lowest BCUT2D eigenvalue weighted by Crippen LogP contribution is -2.47. The first kappa shape index (κ1) is 12.9. The third-order valence-corrected chi connectivity index (χ3v) is 3.31. The molecule has 82 valence electrons. The van der Waals surface area contributed by atoms with Crippen molar-refractivity contribution in [1.29, 1.82) is 0 Å². The van der Waals surface area contributed by atoms with Gasteiger partial charge in [0.25, 0.3) is 0 Å². The van der Waals surface area contributed by atoms with Crippen molar-refractivity contribution in [2.24, 2.45) is 5.41 Å². The van der Waals surface area contributed by atoms with Crippen LogP contribution in [0.4, 0.5) is 0 Å². The highest BCUT2D eigenvalue weighted by Crippen LogP contribution is 2.28. The molecule has 0 radical (unpaired) electrons. The van der Waals surface area contributed by atoms with E-state index in [1.54, 1.807) is 0 Å². The van der Waals surface area contributed by atoms with Gasteiger partial charge in [-0.25, -0.2) is 0 Å². The van der Waals surface area contributed by atoms with Gasteiger partial charge >= 0.3 is 0 Å². The molecule has 16 heavy (non-hydrogen) atoms. The fraction of sp³-hybridized carbons (Fsp3) is 0.385. The van der Waals surface area contributed by atoms with Gasteiger partial charge in [0.1, 0.15) is 15.7 Å². The van der Waals surface area contributed by atoms with Crippen LogP contribution in [0.25, 0.3) is 0 Å². The number of hydrogen-bond donors (Lipinski definition) is 0. The van der Waals surface area contributed by atoms with Crippen molar-refractivity contribution >= 4 is 15.7 Å². The van der Waals surface area contributed by atoms with Gasteiger partial charge in [-0.3, -0.25) is 0 Å². The van der Waals surface area contributed by atoms with Gasteiger partial charge in [-0.2, -0.15) is 0 Å². The molecule has 1 aromatic rings. The largest absolute Gasteiger partial charge is 0.387 e. The summed E-state index contributed by atoms with van der Waals surface area (Å²) in [5.41, 5.74) is 0.894. The average molecular weight is 212 g/mol. The van der Waals surface area contributed by atoms with E-state index in [-0.39, 0.29) is 10.8 Å². The molecular formula is C13H18B2O. The van der Waals surface area contributed by atoms with Crippen LogP contribution in [0.1, 0.15) is 19.4 Å². The van der Waals surface area contributed by atoms with Crippen LogP contribution in [0.2, 0.25) is 0 Å². The molecular weight excluding hydrogens is 194 g/mol. The molecule has 0 spiro atoms. The first-order valence-electron chi connectivity index (χ1n) is 5.55. The minimum atomic E-state index is -0.336. The molecule has 0 amide bonds. The smallest absolute Gasteiger partial charge is 0.133 e. The van der Waals surface area contributed by atoms with Crippen LogP contribution in [0, 0.1) is 17.8 Å². The minimum absolute atomic E-state index is 0.276. The van der Waals surface area contributed by atoms with Crippen LogP contribution in [0.3, 0.4) is 0 Å². The highest BCUT2D eigenvalue weighted by atomic mass is 16.5. The van der Waals surface area contributed by atoms with Gasteiger partial charge in [-0.1, -0.05) is 36.3 Å². The predicted molar refractivity (Wildman–Crippen MR) is 73.7 cm³/mol. The Morgan fingerprint density at radius 2 is 1.81 bits per heavy atom. The van der Waals surface area contributed by atoms with Gasteiger partial charge in [-0.15, -0.1) is 6.42 Å². The summed E-state index contributed by atoms with van der Waals surface area (Å²) in [6.45, 7) is 4.65. The van der Waals surface area contributed by atoms with Gasteiger partial charge in [0, 0.05) is 10.8 Å². The van der Waals surface area contributed by atoms with Crippen LogP contribution in [-0.2, 0) is 11.3 Å². The normalized spacial score (nSPS) is 12.1. The monoisotopic (exact) mass is 212 g/mol. The lowest BCUT2D eigenvalue weighted by molar-refractivity contribution is 0.0104. The zero-order valence-corrected chi connectivity index (χ0v) is 10.6. The average Bonchev–Trinajstić information content (AvgIpc) is 2.27. The first-order chi connectivity index (χ1) is 7.39. The fourth-order valence-corrected chi connectivity index (χ4v) is 1.19. The number of benzene rings is 1. The van der Waals surface area contributed by atoms with Crippen LogP contribution in [0.5, 0.6) is 0 Å². The number of ether oxygens (including phenoxy) is 1. The van der Waals surface area contributed by atoms with E-state index in [2.05, 4.69) is 18.1 Å². The van der Waals surface area contributed by atoms with Crippen LogP contribution >= 0.6 is 0 Å². The van der Waals surface area contributed by atoms with Crippen molar-refractivity contribution in [3.05, 3.63) is 35.9 Å². The van der Waals surface area contributed by atoms with Crippen molar-refractivity contribution in [2.75, 3.05) is 0 Å². The molecule has 0 aromatic heterocycles. The quantitative estimate of drug-likeness (QED) is 0.529. The molecule has 0 heterocycles. The summed E-state index contributed by atoms with van der Waals surface area (Å²) >= 11 is 0. The molecule has 0 aliphatic carbocycles. The summed E-state index contributed by atoms with van der Waals surface area (Å²) < 4.78 is 5.93. The van der Waals surface area contributed by atoms with Gasteiger partial charge in [0.2, 0.25) is 0 Å². The summed E-state index contributed by atoms with van der Waals surface area (Å²) in [5, 5.41) is -0.336. The SMILES string of the molecule is BC(B)(OCc1ccccc1)C(C)(C)C#C. The van der Waals surface area contributed by atoms with E-state index in [0.717, 1.165) is 0 Å². The second-order valence-electron chi connectivity index (χ2n) is 5.05. The molecule has 0 aliphatic rings. The molecule has 1 nitrogen and oxygen atoms in total. The maximum Gasteiger partial charge on any atom is 0.133 e. The third kappa shape index (κ3) is 2.93. The number of rotatable bonds is 4. The summed E-state index contributed by atoms with van der Waals surface area (Å²) in [5.74, 6) is 2.79. The Morgan fingerprint density at radius 1 is 1.25 bits per heavy atom. The Kier molecular flexibility index (Phi) is 3.88. The molecule has 0 saturated heterocycles. The molecule has 1 rings (SSSR count). The van der Waals surface area contributed by atoms with E-state index in [9.17, 15) is 0 Å². The van der Waals surface area contributed by atoms with Crippen molar-refractivity contribution in [1.82, 2.24) is 0 Å². The molecule has 0 bridgehead atoms. The first-order valence-corrected chi connectivity index (χ1v) is 5.55. The Bertz CT molecular complexity index is 377. The summed E-state index contributed by atoms with van der Waals surface area (Å²) in [6, 6.07) is 10.1. The van der Waals surface area contributed by atoms with E-state index >= 15 is 0 Å². The molecule has 1 aromatic carbocycles. The molecule has 0 unspecified atom stereocenters. The summed E-state index contributed by atoms with van der Waals surface area (Å²) in [6.07, 6.45) is 5.53. The lowest BCUT2D eigenvalue weighted by atomic mass is 9.52. The minimum Gasteiger partial charge on any atom is -0.387 e. The van der Waals surface area contributed by atoms with Crippen molar-refractivity contribution in [3.63, 3.8) is 0 Å². The zero-order valence-electron chi connectivity index (χ0n) is 10.6. The van der Waals surface area contributed by atoms with Gasteiger partial charge < -0.3 is 4.74 Å². The number of terminal acetylenes is 1. The maximum absolute atomic E-state index is 5.93. The molecule has 0 fully saturated rings. The molecule has 0 aliphatic heterocycles. The summed E-state index contributed by atoms with van der Waals surface area (Å²) in [7, 11) is 4.08. The fourth-order valence-electron chi connectivity index (χ4n) is 1.19. The Balaban J connectivity index is 2.66. The van der Waals surface area contributed by atoms with Crippen molar-refractivity contribution < 1.29 is 4.74 Å². The third-order valence-electron chi connectivity index (χ3n) is 3.31. The van der Waals surface area contributed by atoms with E-state index in [0.29, 0.717) is 6.61 Å². The van der Waals surface area contributed by atoms with Crippen LogP contribution < -0.4 is 0 Å². The van der Waals surface area contributed by atoms with E-state index in [1.807, 2.05) is 47.7 Å². The Hall–Kier alpha value is -1.13. The summed E-state index contributed by atoms with van der Waals surface area (Å²) in [4.78, 5) is 0. The highest BCUT2D eigenvalue weighted by molar-refractivity contribution is 6.39. The second kappa shape index (κ2) is 4.80. The maximum atomic E-state index is 5.93. The Labute approximate surface area is 100 Å². The van der Waals surface area contributed by atoms with Crippen LogP contribution in [-0.4, -0.2) is 21.1 Å². The second-order valence-corrected chi connectivity index (χ2v) is 5.05. The van der Waals surface area contributed by atoms with Gasteiger partial charge in [0.05, 0.1) is 6.61 Å². The molecule has 0 atom stereocenters. The molecule has 0 saturated carbocycles.